The van der Waals surface area contributed by atoms with Gasteiger partial charge in [0.1, 0.15) is 10.6 Å². The molecule has 156 valence electrons. The third-order valence-corrected chi connectivity index (χ3v) is 6.79. The molecule has 28 heavy (non-hydrogen) atoms. The van der Waals surface area contributed by atoms with Gasteiger partial charge in [0.15, 0.2) is 6.61 Å². The second-order valence-electron chi connectivity index (χ2n) is 7.16. The van der Waals surface area contributed by atoms with Crippen molar-refractivity contribution in [2.75, 3.05) is 27.8 Å². The van der Waals surface area contributed by atoms with E-state index in [9.17, 15) is 18.0 Å². The number of amides is 1. The summed E-state index contributed by atoms with van der Waals surface area (Å²) in [7, 11) is 0.305. The van der Waals surface area contributed by atoms with Crippen LogP contribution in [0.2, 0.25) is 0 Å². The van der Waals surface area contributed by atoms with Crippen LogP contribution in [0.25, 0.3) is 0 Å². The Morgan fingerprint density at radius 1 is 1.21 bits per heavy atom. The Hall–Kier alpha value is -2.13. The van der Waals surface area contributed by atoms with Crippen molar-refractivity contribution in [3.63, 3.8) is 0 Å². The van der Waals surface area contributed by atoms with Gasteiger partial charge in [-0.05, 0) is 37.0 Å². The number of esters is 1. The second-order valence-corrected chi connectivity index (χ2v) is 9.29. The largest absolute Gasteiger partial charge is 0.495 e. The molecule has 0 spiro atoms. The van der Waals surface area contributed by atoms with Gasteiger partial charge in [-0.25, -0.2) is 17.5 Å². The highest BCUT2D eigenvalue weighted by molar-refractivity contribution is 7.89. The van der Waals surface area contributed by atoms with E-state index in [1.165, 1.54) is 39.4 Å². The summed E-state index contributed by atoms with van der Waals surface area (Å²) in [5, 5.41) is 2.91. The van der Waals surface area contributed by atoms with Crippen LogP contribution >= 0.6 is 0 Å². The quantitative estimate of drug-likeness (QED) is 0.685. The molecule has 0 heterocycles. The van der Waals surface area contributed by atoms with Crippen molar-refractivity contribution in [2.24, 2.45) is 5.92 Å². The molecule has 1 aromatic rings. The molecular weight excluding hydrogens is 384 g/mol. The molecule has 1 aliphatic rings. The molecule has 1 aliphatic carbocycles. The number of ether oxygens (including phenoxy) is 2. The number of hydrogen-bond acceptors (Lipinski definition) is 6. The van der Waals surface area contributed by atoms with Gasteiger partial charge in [-0.1, -0.05) is 19.8 Å². The molecule has 0 saturated heterocycles. The molecule has 1 N–H and O–H groups in total. The number of carbonyl (C=O) groups excluding carboxylic acids is 2. The molecule has 1 fully saturated rings. The molecule has 2 atom stereocenters. The van der Waals surface area contributed by atoms with Gasteiger partial charge >= 0.3 is 5.97 Å². The van der Waals surface area contributed by atoms with Crippen molar-refractivity contribution < 1.29 is 27.5 Å². The highest BCUT2D eigenvalue weighted by Crippen LogP contribution is 2.27. The first-order valence-corrected chi connectivity index (χ1v) is 10.7. The zero-order valence-electron chi connectivity index (χ0n) is 16.7. The average Bonchev–Trinajstić information content (AvgIpc) is 2.67. The minimum absolute atomic E-state index is 0.0278. The number of hydrogen-bond donors (Lipinski definition) is 1. The first kappa shape index (κ1) is 22.2. The summed E-state index contributed by atoms with van der Waals surface area (Å²) in [5.41, 5.74) is 0.0278. The second kappa shape index (κ2) is 9.38. The molecule has 1 amide bonds. The van der Waals surface area contributed by atoms with Crippen molar-refractivity contribution in [3.8, 4) is 5.75 Å². The topological polar surface area (TPSA) is 102 Å². The number of nitrogens with one attached hydrogen (secondary N) is 1. The molecule has 8 nitrogen and oxygen atoms in total. The first-order chi connectivity index (χ1) is 13.2. The highest BCUT2D eigenvalue weighted by atomic mass is 32.2. The van der Waals surface area contributed by atoms with Gasteiger partial charge in [0.2, 0.25) is 10.0 Å². The van der Waals surface area contributed by atoms with E-state index in [-0.39, 0.29) is 28.2 Å². The lowest BCUT2D eigenvalue weighted by Crippen LogP contribution is -2.42. The summed E-state index contributed by atoms with van der Waals surface area (Å²) in [5.74, 6) is -0.616. The fraction of sp³-hybridized carbons (Fsp3) is 0.579. The molecule has 0 bridgehead atoms. The van der Waals surface area contributed by atoms with Crippen LogP contribution in [0.4, 0.5) is 0 Å². The van der Waals surface area contributed by atoms with Gasteiger partial charge in [0.05, 0.1) is 12.7 Å². The summed E-state index contributed by atoms with van der Waals surface area (Å²) in [6, 6.07) is 4.07. The third-order valence-electron chi connectivity index (χ3n) is 4.95. The van der Waals surface area contributed by atoms with Gasteiger partial charge in [-0.15, -0.1) is 0 Å². The third kappa shape index (κ3) is 5.23. The highest BCUT2D eigenvalue weighted by Gasteiger charge is 2.25. The summed E-state index contributed by atoms with van der Waals surface area (Å²) in [6.07, 6.45) is 4.23. The molecule has 2 rings (SSSR count). The number of benzene rings is 1. The average molecular weight is 413 g/mol. The fourth-order valence-corrected chi connectivity index (χ4v) is 4.27. The number of rotatable bonds is 7. The van der Waals surface area contributed by atoms with E-state index in [0.717, 1.165) is 30.0 Å². The maximum absolute atomic E-state index is 12.4. The lowest BCUT2D eigenvalue weighted by atomic mass is 9.86. The van der Waals surface area contributed by atoms with Gasteiger partial charge < -0.3 is 14.8 Å². The van der Waals surface area contributed by atoms with Crippen molar-refractivity contribution in [3.05, 3.63) is 23.8 Å². The Labute approximate surface area is 166 Å². The van der Waals surface area contributed by atoms with E-state index in [4.69, 9.17) is 9.47 Å². The Balaban J connectivity index is 2.05. The maximum atomic E-state index is 12.4. The van der Waals surface area contributed by atoms with Crippen LogP contribution in [-0.2, 0) is 19.6 Å². The normalized spacial score (nSPS) is 19.9. The van der Waals surface area contributed by atoms with Crippen molar-refractivity contribution in [1.29, 1.82) is 0 Å². The number of sulfonamides is 1. The summed E-state index contributed by atoms with van der Waals surface area (Å²) < 4.78 is 36.1. The van der Waals surface area contributed by atoms with Crippen molar-refractivity contribution >= 4 is 21.9 Å². The predicted molar refractivity (Wildman–Crippen MR) is 104 cm³/mol. The van der Waals surface area contributed by atoms with E-state index in [1.807, 2.05) is 0 Å². The Morgan fingerprint density at radius 3 is 2.50 bits per heavy atom. The predicted octanol–water partition coefficient (Wildman–Crippen LogP) is 1.80. The lowest BCUT2D eigenvalue weighted by molar-refractivity contribution is -0.125. The molecule has 0 unspecified atom stereocenters. The monoisotopic (exact) mass is 412 g/mol. The maximum Gasteiger partial charge on any atom is 0.338 e. The molecule has 1 aromatic carbocycles. The summed E-state index contributed by atoms with van der Waals surface area (Å²) in [4.78, 5) is 24.3. The van der Waals surface area contributed by atoms with Crippen LogP contribution in [0.1, 0.15) is 43.0 Å². The summed E-state index contributed by atoms with van der Waals surface area (Å²) in [6.45, 7) is 1.68. The number of methoxy groups -OCH3 is 1. The van der Waals surface area contributed by atoms with Gasteiger partial charge in [0.25, 0.3) is 5.91 Å². The molecule has 9 heteroatoms. The van der Waals surface area contributed by atoms with Gasteiger partial charge in [0, 0.05) is 20.1 Å². The van der Waals surface area contributed by atoms with E-state index < -0.39 is 22.6 Å². The standard InChI is InChI=1S/C19H28N2O6S/c1-13-7-5-6-8-15(13)20-18(22)12-27-19(23)14-9-10-16(26-4)17(11-14)28(24,25)21(2)3/h9-11,13,15H,5-8,12H2,1-4H3,(H,20,22)/t13-,15-/m1/s1. The zero-order chi connectivity index (χ0) is 20.9. The SMILES string of the molecule is COc1ccc(C(=O)OCC(=O)N[C@@H]2CCCC[C@H]2C)cc1S(=O)(=O)N(C)C. The van der Waals surface area contributed by atoms with E-state index in [1.54, 1.807) is 0 Å². The van der Waals surface area contributed by atoms with E-state index >= 15 is 0 Å². The zero-order valence-corrected chi connectivity index (χ0v) is 17.5. The van der Waals surface area contributed by atoms with Gasteiger partial charge in [-0.3, -0.25) is 4.79 Å². The molecular formula is C19H28N2O6S. The van der Waals surface area contributed by atoms with Crippen LogP contribution in [0.15, 0.2) is 23.1 Å². The molecule has 1 saturated carbocycles. The Kier molecular flexibility index (Phi) is 7.42. The van der Waals surface area contributed by atoms with Crippen LogP contribution in [0, 0.1) is 5.92 Å². The number of nitrogens with zero attached hydrogens (tertiary/aromatic N) is 1. The van der Waals surface area contributed by atoms with Crippen LogP contribution in [0.5, 0.6) is 5.75 Å². The molecule has 0 aromatic heterocycles. The molecule has 0 aliphatic heterocycles. The first-order valence-electron chi connectivity index (χ1n) is 9.24. The fourth-order valence-electron chi connectivity index (χ4n) is 3.20. The van der Waals surface area contributed by atoms with E-state index in [0.29, 0.717) is 5.92 Å². The Morgan fingerprint density at radius 2 is 1.89 bits per heavy atom. The van der Waals surface area contributed by atoms with Crippen LogP contribution < -0.4 is 10.1 Å². The number of carbonyl (C=O) groups is 2. The smallest absolute Gasteiger partial charge is 0.338 e. The summed E-state index contributed by atoms with van der Waals surface area (Å²) >= 11 is 0. The lowest BCUT2D eigenvalue weighted by Gasteiger charge is -2.29. The van der Waals surface area contributed by atoms with Crippen LogP contribution in [0.3, 0.4) is 0 Å². The van der Waals surface area contributed by atoms with Crippen LogP contribution in [-0.4, -0.2) is 58.5 Å². The van der Waals surface area contributed by atoms with Crippen molar-refractivity contribution in [1.82, 2.24) is 9.62 Å². The minimum atomic E-state index is -3.81. The van der Waals surface area contributed by atoms with Crippen molar-refractivity contribution in [2.45, 2.75) is 43.5 Å². The minimum Gasteiger partial charge on any atom is -0.495 e. The Bertz CT molecular complexity index is 822. The van der Waals surface area contributed by atoms with Gasteiger partial charge in [-0.2, -0.15) is 0 Å². The molecule has 0 radical (unpaired) electrons. The van der Waals surface area contributed by atoms with E-state index in [2.05, 4.69) is 12.2 Å².